The number of Topliss-reactive ketones (excluding diaryl/α,β-unsaturated/α-hetero) is 1. The van der Waals surface area contributed by atoms with E-state index in [9.17, 15) is 4.79 Å². The molecule has 0 saturated carbocycles. The van der Waals surface area contributed by atoms with Crippen LogP contribution in [0.4, 0.5) is 5.95 Å². The number of methoxy groups -OCH3 is 2. The van der Waals surface area contributed by atoms with Crippen LogP contribution in [-0.4, -0.2) is 43.1 Å². The van der Waals surface area contributed by atoms with Crippen LogP contribution >= 0.6 is 11.6 Å². The first-order valence-corrected chi connectivity index (χ1v) is 7.92. The van der Waals surface area contributed by atoms with Crippen molar-refractivity contribution in [2.75, 3.05) is 32.7 Å². The highest BCUT2D eigenvalue weighted by atomic mass is 35.5. The van der Waals surface area contributed by atoms with Gasteiger partial charge in [-0.05, 0) is 30.2 Å². The van der Waals surface area contributed by atoms with Gasteiger partial charge < -0.3 is 14.8 Å². The van der Waals surface area contributed by atoms with Gasteiger partial charge in [-0.2, -0.15) is 0 Å². The first-order chi connectivity index (χ1) is 11.6. The zero-order valence-corrected chi connectivity index (χ0v) is 14.5. The molecule has 0 aliphatic rings. The van der Waals surface area contributed by atoms with Crippen LogP contribution in [0.25, 0.3) is 0 Å². The van der Waals surface area contributed by atoms with Crippen molar-refractivity contribution in [2.45, 2.75) is 12.8 Å². The van der Waals surface area contributed by atoms with Gasteiger partial charge in [0.25, 0.3) is 0 Å². The fraction of sp³-hybridized carbons (Fsp3) is 0.353. The number of aromatic nitrogens is 2. The van der Waals surface area contributed by atoms with Gasteiger partial charge in [-0.15, -0.1) is 0 Å². The van der Waals surface area contributed by atoms with Crippen LogP contribution in [0.15, 0.2) is 30.6 Å². The maximum absolute atomic E-state index is 12.4. The average molecular weight is 350 g/mol. The Labute approximate surface area is 146 Å². The number of ketones is 1. The topological polar surface area (TPSA) is 73.3 Å². The lowest BCUT2D eigenvalue weighted by molar-refractivity contribution is 0.0992. The minimum absolute atomic E-state index is 0.108. The van der Waals surface area contributed by atoms with Crippen LogP contribution in [0, 0.1) is 0 Å². The summed E-state index contributed by atoms with van der Waals surface area (Å²) >= 11 is 6.09. The monoisotopic (exact) mass is 349 g/mol. The highest BCUT2D eigenvalue weighted by molar-refractivity contribution is 6.34. The maximum Gasteiger partial charge on any atom is 0.222 e. The largest absolute Gasteiger partial charge is 0.497 e. The van der Waals surface area contributed by atoms with Gasteiger partial charge in [0.1, 0.15) is 5.75 Å². The molecule has 0 amide bonds. The highest BCUT2D eigenvalue weighted by Crippen LogP contribution is 2.23. The van der Waals surface area contributed by atoms with Gasteiger partial charge in [0.2, 0.25) is 5.95 Å². The number of carbonyl (C=O) groups excluding carboxylic acids is 1. The fourth-order valence-corrected chi connectivity index (χ4v) is 2.30. The summed E-state index contributed by atoms with van der Waals surface area (Å²) in [6, 6.07) is 5.00. The van der Waals surface area contributed by atoms with E-state index in [-0.39, 0.29) is 12.2 Å². The van der Waals surface area contributed by atoms with Crippen LogP contribution in [0.2, 0.25) is 5.02 Å². The molecule has 0 aliphatic heterocycles. The van der Waals surface area contributed by atoms with Gasteiger partial charge in [0.05, 0.1) is 12.1 Å². The molecule has 1 N–H and O–H groups in total. The molecule has 0 radical (unpaired) electrons. The van der Waals surface area contributed by atoms with Crippen LogP contribution in [0.5, 0.6) is 5.75 Å². The Balaban J connectivity index is 1.97. The van der Waals surface area contributed by atoms with Crippen molar-refractivity contribution in [1.82, 2.24) is 9.97 Å². The third-order valence-electron chi connectivity index (χ3n) is 3.35. The van der Waals surface area contributed by atoms with Crippen LogP contribution < -0.4 is 10.1 Å². The van der Waals surface area contributed by atoms with Crippen molar-refractivity contribution < 1.29 is 14.3 Å². The number of ether oxygens (including phenoxy) is 2. The van der Waals surface area contributed by atoms with Crippen molar-refractivity contribution >= 4 is 23.3 Å². The summed E-state index contributed by atoms with van der Waals surface area (Å²) in [5.41, 5.74) is 1.15. The number of carbonyl (C=O) groups is 1. The van der Waals surface area contributed by atoms with E-state index in [2.05, 4.69) is 15.3 Å². The molecule has 0 spiro atoms. The Morgan fingerprint density at radius 1 is 1.25 bits per heavy atom. The molecular formula is C17H20ClN3O3. The zero-order valence-electron chi connectivity index (χ0n) is 13.7. The third kappa shape index (κ3) is 5.18. The molecule has 24 heavy (non-hydrogen) atoms. The van der Waals surface area contributed by atoms with E-state index in [1.807, 2.05) is 0 Å². The first kappa shape index (κ1) is 18.2. The van der Waals surface area contributed by atoms with E-state index < -0.39 is 0 Å². The number of nitrogens with one attached hydrogen (secondary N) is 1. The van der Waals surface area contributed by atoms with Crippen molar-refractivity contribution in [3.8, 4) is 5.75 Å². The SMILES string of the molecule is COCCCNc1ncc(CC(=O)c2cc(OC)ccc2Cl)cn1. The summed E-state index contributed by atoms with van der Waals surface area (Å²) < 4.78 is 10.1. The number of hydrogen-bond acceptors (Lipinski definition) is 6. The predicted octanol–water partition coefficient (Wildman–Crippen LogP) is 3.01. The summed E-state index contributed by atoms with van der Waals surface area (Å²) in [5.74, 6) is 1.01. The number of halogens is 1. The summed E-state index contributed by atoms with van der Waals surface area (Å²) in [7, 11) is 3.21. The maximum atomic E-state index is 12.4. The van der Waals surface area contributed by atoms with E-state index in [1.165, 1.54) is 0 Å². The van der Waals surface area contributed by atoms with Gasteiger partial charge in [-0.3, -0.25) is 4.79 Å². The minimum atomic E-state index is -0.108. The van der Waals surface area contributed by atoms with E-state index in [4.69, 9.17) is 21.1 Å². The Morgan fingerprint density at radius 3 is 2.67 bits per heavy atom. The molecule has 1 aromatic heterocycles. The molecule has 1 heterocycles. The quantitative estimate of drug-likeness (QED) is 0.554. The lowest BCUT2D eigenvalue weighted by Gasteiger charge is -2.07. The van der Waals surface area contributed by atoms with E-state index in [0.717, 1.165) is 18.5 Å². The predicted molar refractivity (Wildman–Crippen MR) is 93.1 cm³/mol. The molecule has 0 saturated heterocycles. The van der Waals surface area contributed by atoms with Crippen molar-refractivity contribution in [3.63, 3.8) is 0 Å². The molecule has 0 unspecified atom stereocenters. The summed E-state index contributed by atoms with van der Waals surface area (Å²) in [6.45, 7) is 1.41. The lowest BCUT2D eigenvalue weighted by atomic mass is 10.0. The van der Waals surface area contributed by atoms with Gasteiger partial charge in [-0.25, -0.2) is 9.97 Å². The lowest BCUT2D eigenvalue weighted by Crippen LogP contribution is -2.09. The molecule has 2 aromatic rings. The average Bonchev–Trinajstić information content (AvgIpc) is 2.60. The van der Waals surface area contributed by atoms with Crippen molar-refractivity contribution in [1.29, 1.82) is 0 Å². The number of nitrogens with zero attached hydrogens (tertiary/aromatic N) is 2. The number of hydrogen-bond donors (Lipinski definition) is 1. The minimum Gasteiger partial charge on any atom is -0.497 e. The molecule has 0 fully saturated rings. The Morgan fingerprint density at radius 2 is 2.00 bits per heavy atom. The van der Waals surface area contributed by atoms with Crippen molar-refractivity contribution in [2.24, 2.45) is 0 Å². The molecule has 6 nitrogen and oxygen atoms in total. The number of anilines is 1. The molecule has 0 bridgehead atoms. The standard InChI is InChI=1S/C17H20ClN3O3/c1-23-7-3-6-19-17-20-10-12(11-21-17)8-16(22)14-9-13(24-2)4-5-15(14)18/h4-5,9-11H,3,6-8H2,1-2H3,(H,19,20,21). The Hall–Kier alpha value is -2.18. The van der Waals surface area contributed by atoms with Crippen LogP contribution in [0.3, 0.4) is 0 Å². The smallest absolute Gasteiger partial charge is 0.222 e. The highest BCUT2D eigenvalue weighted by Gasteiger charge is 2.13. The molecule has 7 heteroatoms. The van der Waals surface area contributed by atoms with Gasteiger partial charge >= 0.3 is 0 Å². The molecule has 128 valence electrons. The summed E-state index contributed by atoms with van der Waals surface area (Å²) in [5, 5.41) is 3.49. The first-order valence-electron chi connectivity index (χ1n) is 7.54. The second-order valence-corrected chi connectivity index (χ2v) is 5.54. The Bertz CT molecular complexity index is 677. The van der Waals surface area contributed by atoms with Crippen LogP contribution in [0.1, 0.15) is 22.3 Å². The second kappa shape index (κ2) is 9.20. The fourth-order valence-electron chi connectivity index (χ4n) is 2.08. The molecule has 1 aromatic carbocycles. The third-order valence-corrected chi connectivity index (χ3v) is 3.68. The van der Waals surface area contributed by atoms with E-state index >= 15 is 0 Å². The molecule has 0 atom stereocenters. The van der Waals surface area contributed by atoms with Gasteiger partial charge in [0.15, 0.2) is 5.78 Å². The van der Waals surface area contributed by atoms with Gasteiger partial charge in [0, 0.05) is 44.6 Å². The normalized spacial score (nSPS) is 10.5. The molecular weight excluding hydrogens is 330 g/mol. The van der Waals surface area contributed by atoms with E-state index in [1.54, 1.807) is 44.8 Å². The molecule has 2 rings (SSSR count). The Kier molecular flexibility index (Phi) is 6.96. The van der Waals surface area contributed by atoms with E-state index in [0.29, 0.717) is 28.9 Å². The van der Waals surface area contributed by atoms with Crippen LogP contribution in [-0.2, 0) is 11.2 Å². The van der Waals surface area contributed by atoms with Gasteiger partial charge in [-0.1, -0.05) is 11.6 Å². The molecule has 0 aliphatic carbocycles. The van der Waals surface area contributed by atoms with Crippen molar-refractivity contribution in [3.05, 3.63) is 46.7 Å². The second-order valence-electron chi connectivity index (χ2n) is 5.13. The number of benzene rings is 1. The summed E-state index contributed by atoms with van der Waals surface area (Å²) in [4.78, 5) is 20.8. The summed E-state index contributed by atoms with van der Waals surface area (Å²) in [6.07, 6.45) is 4.32. The number of rotatable bonds is 9. The zero-order chi connectivity index (χ0) is 17.4.